The van der Waals surface area contributed by atoms with E-state index in [4.69, 9.17) is 4.74 Å². The number of hydrogen-bond acceptors (Lipinski definition) is 6. The van der Waals surface area contributed by atoms with Gasteiger partial charge in [-0.2, -0.15) is 0 Å². The number of β-amino-alcohol motifs (C(OH)–C–C–N with tert-alkyl or cyclic N) is 1. The monoisotopic (exact) mass is 376 g/mol. The minimum absolute atomic E-state index is 0.0409. The first kappa shape index (κ1) is 20.0. The predicted molar refractivity (Wildman–Crippen MR) is 104 cm³/mol. The van der Waals surface area contributed by atoms with Gasteiger partial charge in [0.05, 0.1) is 30.5 Å². The number of nitrogens with zero attached hydrogens (tertiary/aromatic N) is 4. The van der Waals surface area contributed by atoms with Crippen molar-refractivity contribution in [3.63, 3.8) is 0 Å². The first-order valence-electron chi connectivity index (χ1n) is 9.69. The van der Waals surface area contributed by atoms with Crippen LogP contribution in [0.1, 0.15) is 48.3 Å². The number of aromatic nitrogens is 1. The molecule has 3 rings (SSSR count). The van der Waals surface area contributed by atoms with Gasteiger partial charge in [0.25, 0.3) is 5.91 Å². The fourth-order valence-corrected chi connectivity index (χ4v) is 4.27. The van der Waals surface area contributed by atoms with Crippen LogP contribution in [0.25, 0.3) is 0 Å². The molecule has 150 valence electrons. The summed E-state index contributed by atoms with van der Waals surface area (Å²) in [6.07, 6.45) is 1.76. The molecule has 7 nitrogen and oxygen atoms in total. The molecule has 1 atom stereocenters. The third kappa shape index (κ3) is 4.25. The molecule has 2 aliphatic rings. The van der Waals surface area contributed by atoms with Crippen LogP contribution in [0.15, 0.2) is 6.07 Å². The highest BCUT2D eigenvalue weighted by molar-refractivity contribution is 5.98. The number of carbonyl (C=O) groups is 1. The Kier molecular flexibility index (Phi) is 5.74. The fraction of sp³-hybridized carbons (Fsp3) is 0.700. The van der Waals surface area contributed by atoms with E-state index in [1.807, 2.05) is 43.8 Å². The van der Waals surface area contributed by atoms with Crippen LogP contribution in [-0.2, 0) is 13.1 Å². The van der Waals surface area contributed by atoms with Gasteiger partial charge in [0.15, 0.2) is 0 Å². The summed E-state index contributed by atoms with van der Waals surface area (Å²) in [6, 6.07) is 2.08. The van der Waals surface area contributed by atoms with Gasteiger partial charge in [-0.15, -0.1) is 0 Å². The zero-order valence-corrected chi connectivity index (χ0v) is 17.2. The van der Waals surface area contributed by atoms with E-state index in [1.165, 1.54) is 0 Å². The van der Waals surface area contributed by atoms with Gasteiger partial charge in [-0.05, 0) is 53.4 Å². The molecule has 1 aromatic heterocycles. The van der Waals surface area contributed by atoms with Crippen LogP contribution in [0.4, 0.5) is 0 Å². The number of ether oxygens (including phenoxy) is 1. The number of hydrogen-bond donors (Lipinski definition) is 1. The third-order valence-electron chi connectivity index (χ3n) is 5.41. The van der Waals surface area contributed by atoms with E-state index in [0.29, 0.717) is 37.6 Å². The average molecular weight is 377 g/mol. The molecule has 0 unspecified atom stereocenters. The Bertz CT molecular complexity index is 707. The van der Waals surface area contributed by atoms with Crippen LogP contribution in [0.5, 0.6) is 5.88 Å². The molecule has 0 bridgehead atoms. The summed E-state index contributed by atoms with van der Waals surface area (Å²) in [6.45, 7) is 7.36. The molecule has 0 saturated carbocycles. The van der Waals surface area contributed by atoms with E-state index in [1.54, 1.807) is 7.11 Å². The molecule has 1 fully saturated rings. The second-order valence-electron chi connectivity index (χ2n) is 8.45. The Hall–Kier alpha value is -1.70. The molecule has 2 aliphatic heterocycles. The Labute approximate surface area is 161 Å². The lowest BCUT2D eigenvalue weighted by atomic mass is 9.92. The van der Waals surface area contributed by atoms with Gasteiger partial charge in [0, 0.05) is 31.2 Å². The van der Waals surface area contributed by atoms with Crippen molar-refractivity contribution in [1.82, 2.24) is 19.7 Å². The highest BCUT2D eigenvalue weighted by Crippen LogP contribution is 2.30. The summed E-state index contributed by atoms with van der Waals surface area (Å²) in [4.78, 5) is 23.4. The van der Waals surface area contributed by atoms with Crippen molar-refractivity contribution in [2.45, 2.75) is 51.4 Å². The van der Waals surface area contributed by atoms with E-state index in [9.17, 15) is 9.90 Å². The van der Waals surface area contributed by atoms with E-state index >= 15 is 0 Å². The van der Waals surface area contributed by atoms with E-state index in [0.717, 1.165) is 30.6 Å². The van der Waals surface area contributed by atoms with Crippen LogP contribution < -0.4 is 4.74 Å². The topological polar surface area (TPSA) is 69.1 Å². The second-order valence-corrected chi connectivity index (χ2v) is 8.45. The Morgan fingerprint density at radius 3 is 2.78 bits per heavy atom. The number of pyridine rings is 1. The summed E-state index contributed by atoms with van der Waals surface area (Å²) in [7, 11) is 5.58. The molecule has 1 amide bonds. The normalized spacial score (nSPS) is 23.4. The maximum atomic E-state index is 12.7. The van der Waals surface area contributed by atoms with E-state index < -0.39 is 5.60 Å². The van der Waals surface area contributed by atoms with Gasteiger partial charge in [0.2, 0.25) is 5.88 Å². The molecule has 0 radical (unpaired) electrons. The smallest absolute Gasteiger partial charge is 0.256 e. The van der Waals surface area contributed by atoms with Crippen molar-refractivity contribution < 1.29 is 14.6 Å². The second kappa shape index (κ2) is 7.73. The van der Waals surface area contributed by atoms with Crippen molar-refractivity contribution in [3.05, 3.63) is 22.9 Å². The van der Waals surface area contributed by atoms with Crippen LogP contribution in [-0.4, -0.2) is 83.2 Å². The molecular formula is C20H32N4O3. The van der Waals surface area contributed by atoms with Gasteiger partial charge < -0.3 is 19.6 Å². The molecule has 1 saturated heterocycles. The fourth-order valence-electron chi connectivity index (χ4n) is 4.27. The van der Waals surface area contributed by atoms with Crippen molar-refractivity contribution in [1.29, 1.82) is 0 Å². The minimum atomic E-state index is -0.705. The number of aliphatic hydroxyl groups is 1. The standard InChI is InChI=1S/C20H32N4O3/c1-14(2)24-11-17-16(19(24)25)9-15(18(21-17)27-5)10-23-8-6-7-20(26,13-23)12-22(3)4/h9,14,26H,6-8,10-13H2,1-5H3/t20-/m1/s1. The van der Waals surface area contributed by atoms with Gasteiger partial charge in [0.1, 0.15) is 0 Å². The number of fused-ring (bicyclic) bond motifs is 1. The molecule has 27 heavy (non-hydrogen) atoms. The highest BCUT2D eigenvalue weighted by atomic mass is 16.5. The van der Waals surface area contributed by atoms with Gasteiger partial charge >= 0.3 is 0 Å². The Morgan fingerprint density at radius 2 is 2.15 bits per heavy atom. The van der Waals surface area contributed by atoms with E-state index in [-0.39, 0.29) is 11.9 Å². The molecule has 0 aliphatic carbocycles. The zero-order chi connectivity index (χ0) is 19.8. The molecule has 0 aromatic carbocycles. The molecule has 0 spiro atoms. The van der Waals surface area contributed by atoms with Gasteiger partial charge in [-0.25, -0.2) is 4.98 Å². The van der Waals surface area contributed by atoms with Crippen molar-refractivity contribution in [3.8, 4) is 5.88 Å². The molecule has 7 heteroatoms. The number of rotatable bonds is 6. The number of likely N-dealkylation sites (N-methyl/N-ethyl adjacent to an activating group) is 1. The lowest BCUT2D eigenvalue weighted by molar-refractivity contribution is -0.0481. The van der Waals surface area contributed by atoms with Crippen LogP contribution in [0.3, 0.4) is 0 Å². The summed E-state index contributed by atoms with van der Waals surface area (Å²) >= 11 is 0. The maximum absolute atomic E-state index is 12.7. The van der Waals surface area contributed by atoms with Crippen molar-refractivity contribution in [2.75, 3.05) is 40.8 Å². The van der Waals surface area contributed by atoms with Gasteiger partial charge in [-0.1, -0.05) is 0 Å². The number of amides is 1. The Balaban J connectivity index is 1.80. The minimum Gasteiger partial charge on any atom is -0.481 e. The van der Waals surface area contributed by atoms with Crippen LogP contribution in [0, 0.1) is 0 Å². The molecular weight excluding hydrogens is 344 g/mol. The summed E-state index contributed by atoms with van der Waals surface area (Å²) in [5, 5.41) is 10.9. The summed E-state index contributed by atoms with van der Waals surface area (Å²) in [5.41, 5.74) is 1.67. The lowest BCUT2D eigenvalue weighted by Crippen LogP contribution is -2.52. The van der Waals surface area contributed by atoms with Crippen molar-refractivity contribution in [2.24, 2.45) is 0 Å². The first-order chi connectivity index (χ1) is 12.7. The summed E-state index contributed by atoms with van der Waals surface area (Å²) < 4.78 is 5.52. The average Bonchev–Trinajstić information content (AvgIpc) is 2.89. The Morgan fingerprint density at radius 1 is 1.41 bits per heavy atom. The number of piperidine rings is 1. The number of methoxy groups -OCH3 is 1. The van der Waals surface area contributed by atoms with Crippen LogP contribution >= 0.6 is 0 Å². The molecule has 1 aromatic rings. The van der Waals surface area contributed by atoms with Gasteiger partial charge in [-0.3, -0.25) is 9.69 Å². The molecule has 3 heterocycles. The largest absolute Gasteiger partial charge is 0.481 e. The SMILES string of the molecule is COc1nc2c(cc1CN1CCC[C@@](O)(CN(C)C)C1)C(=O)N(C(C)C)C2. The zero-order valence-electron chi connectivity index (χ0n) is 17.2. The highest BCUT2D eigenvalue weighted by Gasteiger charge is 2.35. The first-order valence-corrected chi connectivity index (χ1v) is 9.69. The maximum Gasteiger partial charge on any atom is 0.256 e. The predicted octanol–water partition coefficient (Wildman–Crippen LogP) is 1.34. The van der Waals surface area contributed by atoms with Crippen molar-refractivity contribution >= 4 is 5.91 Å². The molecule has 1 N–H and O–H groups in total. The number of carbonyl (C=O) groups excluding carboxylic acids is 1. The number of likely N-dealkylation sites (tertiary alicyclic amines) is 1. The summed E-state index contributed by atoms with van der Waals surface area (Å²) in [5.74, 6) is 0.619. The van der Waals surface area contributed by atoms with Crippen LogP contribution in [0.2, 0.25) is 0 Å². The quantitative estimate of drug-likeness (QED) is 0.808. The van der Waals surface area contributed by atoms with E-state index in [2.05, 4.69) is 9.88 Å². The lowest BCUT2D eigenvalue weighted by Gasteiger charge is -2.40. The third-order valence-corrected chi connectivity index (χ3v) is 5.41.